The van der Waals surface area contributed by atoms with Gasteiger partial charge >= 0.3 is 0 Å². The molecule has 0 saturated carbocycles. The average Bonchev–Trinajstić information content (AvgIpc) is 2.85. The zero-order valence-electron chi connectivity index (χ0n) is 19.7. The Morgan fingerprint density at radius 1 is 0.788 bits per heavy atom. The van der Waals surface area contributed by atoms with E-state index in [2.05, 4.69) is 36.8 Å². The molecule has 1 aliphatic rings. The molecule has 4 rings (SSSR count). The number of benzene rings is 2. The number of hydrogen-bond donors (Lipinski definition) is 0. The first kappa shape index (κ1) is 29.7. The van der Waals surface area contributed by atoms with E-state index in [1.165, 1.54) is 0 Å². The molecule has 2 heterocycles. The van der Waals surface area contributed by atoms with Crippen LogP contribution >= 0.6 is 50.7 Å². The van der Waals surface area contributed by atoms with Gasteiger partial charge in [-0.15, -0.1) is 0 Å². The number of pyridine rings is 1. The third-order valence-electron chi connectivity index (χ3n) is 4.53. The van der Waals surface area contributed by atoms with Gasteiger partial charge in [-0.3, -0.25) is 9.88 Å². The molecule has 0 unspecified atom stereocenters. The molecule has 180 valence electrons. The third kappa shape index (κ3) is 11.1. The van der Waals surface area contributed by atoms with Gasteiger partial charge in [-0.1, -0.05) is 80.7 Å². The van der Waals surface area contributed by atoms with Crippen molar-refractivity contribution in [1.82, 2.24) is 9.88 Å². The number of aromatic nitrogens is 1. The lowest BCUT2D eigenvalue weighted by Gasteiger charge is -2.36. The predicted molar refractivity (Wildman–Crippen MR) is 150 cm³/mol. The van der Waals surface area contributed by atoms with Gasteiger partial charge in [-0.05, 0) is 58.4 Å². The van der Waals surface area contributed by atoms with Gasteiger partial charge in [0.2, 0.25) is 0 Å². The van der Waals surface area contributed by atoms with Crippen molar-refractivity contribution in [3.63, 3.8) is 0 Å². The van der Waals surface area contributed by atoms with E-state index in [0.29, 0.717) is 5.02 Å². The van der Waals surface area contributed by atoms with Crippen LogP contribution in [0, 0.1) is 0 Å². The highest BCUT2D eigenvalue weighted by Gasteiger charge is 2.19. The number of anilines is 1. The van der Waals surface area contributed by atoms with Crippen LogP contribution in [0.4, 0.5) is 5.69 Å². The maximum Gasteiger partial charge on any atom is 0.0654 e. The highest BCUT2D eigenvalue weighted by Crippen LogP contribution is 2.29. The summed E-state index contributed by atoms with van der Waals surface area (Å²) >= 11 is 21.2. The van der Waals surface area contributed by atoms with Crippen LogP contribution in [0.15, 0.2) is 71.3 Å². The number of rotatable bonds is 3. The third-order valence-corrected chi connectivity index (χ3v) is 5.79. The molecule has 0 spiro atoms. The van der Waals surface area contributed by atoms with E-state index in [1.807, 2.05) is 82.4 Å². The lowest BCUT2D eigenvalue weighted by molar-refractivity contribution is 0.247. The summed E-state index contributed by atoms with van der Waals surface area (Å²) < 4.78 is 1.01. The Balaban J connectivity index is 0.000000415. The molecule has 0 bridgehead atoms. The van der Waals surface area contributed by atoms with Gasteiger partial charge < -0.3 is 4.90 Å². The number of halogens is 4. The summed E-state index contributed by atoms with van der Waals surface area (Å²) in [6.45, 7) is 12.8. The molecule has 0 N–H and O–H groups in total. The summed E-state index contributed by atoms with van der Waals surface area (Å²) in [5, 5.41) is 2.19. The van der Waals surface area contributed by atoms with E-state index in [-0.39, 0.29) is 0 Å². The van der Waals surface area contributed by atoms with E-state index in [0.717, 1.165) is 58.6 Å². The summed E-state index contributed by atoms with van der Waals surface area (Å²) in [6, 6.07) is 19.2. The number of nitrogens with zero attached hydrogens (tertiary/aromatic N) is 3. The van der Waals surface area contributed by atoms with Crippen LogP contribution in [-0.4, -0.2) is 36.1 Å². The first-order valence-electron chi connectivity index (χ1n) is 11.2. The maximum absolute atomic E-state index is 6.29. The Labute approximate surface area is 222 Å². The molecule has 3 aromatic rings. The number of piperazine rings is 1. The number of hydrogen-bond acceptors (Lipinski definition) is 3. The summed E-state index contributed by atoms with van der Waals surface area (Å²) in [5.41, 5.74) is 2.16. The highest BCUT2D eigenvalue weighted by atomic mass is 79.9. The van der Waals surface area contributed by atoms with E-state index in [4.69, 9.17) is 34.8 Å². The van der Waals surface area contributed by atoms with Crippen LogP contribution in [0.25, 0.3) is 0 Å². The van der Waals surface area contributed by atoms with Gasteiger partial charge in [-0.2, -0.15) is 0 Å². The SMILES string of the molecule is CC.CC.Clc1ccc(N2CCN(Cc3ccc(Br)cn3)CC2)c(Cl)c1.Clc1ccccc1. The van der Waals surface area contributed by atoms with Gasteiger partial charge in [0.15, 0.2) is 0 Å². The largest absolute Gasteiger partial charge is 0.368 e. The fourth-order valence-corrected chi connectivity index (χ4v) is 3.94. The van der Waals surface area contributed by atoms with Crippen molar-refractivity contribution in [3.8, 4) is 0 Å². The lowest BCUT2D eigenvalue weighted by Crippen LogP contribution is -2.46. The minimum absolute atomic E-state index is 0.675. The molecule has 1 aromatic heterocycles. The molecule has 3 nitrogen and oxygen atoms in total. The molecule has 33 heavy (non-hydrogen) atoms. The predicted octanol–water partition coefficient (Wildman–Crippen LogP) is 8.87. The van der Waals surface area contributed by atoms with E-state index in [1.54, 1.807) is 6.07 Å². The van der Waals surface area contributed by atoms with Crippen LogP contribution in [0.3, 0.4) is 0 Å². The molecule has 1 aliphatic heterocycles. The Bertz CT molecular complexity index is 900. The molecule has 7 heteroatoms. The van der Waals surface area contributed by atoms with E-state index < -0.39 is 0 Å². The summed E-state index contributed by atoms with van der Waals surface area (Å²) in [7, 11) is 0. The van der Waals surface area contributed by atoms with Gasteiger partial charge in [0.05, 0.1) is 16.4 Å². The van der Waals surface area contributed by atoms with Crippen LogP contribution in [0.1, 0.15) is 33.4 Å². The Morgan fingerprint density at radius 3 is 1.91 bits per heavy atom. The molecule has 1 saturated heterocycles. The monoisotopic (exact) mass is 571 g/mol. The molecule has 0 amide bonds. The van der Waals surface area contributed by atoms with Crippen molar-refractivity contribution in [3.05, 3.63) is 92.1 Å². The standard InChI is InChI=1S/C16H16BrCl2N3.C6H5Cl.2C2H6/c17-12-1-3-14(20-10-12)11-21-5-7-22(8-6-21)16-4-2-13(18)9-15(16)19;7-6-4-2-1-3-5-6;2*1-2/h1-4,9-10H,5-8,11H2;1-5H;2*1-2H3. The molecule has 0 atom stereocenters. The lowest BCUT2D eigenvalue weighted by atomic mass is 10.2. The maximum atomic E-state index is 6.29. The second kappa shape index (κ2) is 17.2. The molecular formula is C26H33BrCl3N3. The van der Waals surface area contributed by atoms with Gasteiger partial charge in [0.25, 0.3) is 0 Å². The van der Waals surface area contributed by atoms with Crippen LogP contribution in [-0.2, 0) is 6.54 Å². The first-order valence-corrected chi connectivity index (χ1v) is 13.2. The van der Waals surface area contributed by atoms with Crippen LogP contribution < -0.4 is 4.90 Å². The second-order valence-electron chi connectivity index (χ2n) is 6.62. The topological polar surface area (TPSA) is 19.4 Å². The van der Waals surface area contributed by atoms with Crippen molar-refractivity contribution in [2.75, 3.05) is 31.1 Å². The summed E-state index contributed by atoms with van der Waals surface area (Å²) in [5.74, 6) is 0. The minimum atomic E-state index is 0.675. The fourth-order valence-electron chi connectivity index (χ4n) is 3.03. The van der Waals surface area contributed by atoms with E-state index >= 15 is 0 Å². The zero-order chi connectivity index (χ0) is 24.6. The van der Waals surface area contributed by atoms with Crippen molar-refractivity contribution in [2.45, 2.75) is 34.2 Å². The smallest absolute Gasteiger partial charge is 0.0654 e. The van der Waals surface area contributed by atoms with Crippen molar-refractivity contribution in [1.29, 1.82) is 0 Å². The normalized spacial score (nSPS) is 12.9. The minimum Gasteiger partial charge on any atom is -0.368 e. The Hall–Kier alpha value is -1.30. The Kier molecular flexibility index (Phi) is 15.5. The average molecular weight is 574 g/mol. The first-order chi connectivity index (χ1) is 16.0. The molecule has 2 aromatic carbocycles. The van der Waals surface area contributed by atoms with E-state index in [9.17, 15) is 0 Å². The van der Waals surface area contributed by atoms with Crippen molar-refractivity contribution < 1.29 is 0 Å². The quantitative estimate of drug-likeness (QED) is 0.312. The van der Waals surface area contributed by atoms with Gasteiger partial charge in [-0.25, -0.2) is 0 Å². The molecule has 0 aliphatic carbocycles. The van der Waals surface area contributed by atoms with Crippen molar-refractivity contribution >= 4 is 56.4 Å². The summed E-state index contributed by atoms with van der Waals surface area (Å²) in [4.78, 5) is 9.16. The van der Waals surface area contributed by atoms with Crippen molar-refractivity contribution in [2.24, 2.45) is 0 Å². The zero-order valence-corrected chi connectivity index (χ0v) is 23.6. The fraction of sp³-hybridized carbons (Fsp3) is 0.346. The Morgan fingerprint density at radius 2 is 1.42 bits per heavy atom. The molecule has 0 radical (unpaired) electrons. The van der Waals surface area contributed by atoms with Crippen LogP contribution in [0.5, 0.6) is 0 Å². The molecular weight excluding hydrogens is 541 g/mol. The second-order valence-corrected chi connectivity index (χ2v) is 8.82. The van der Waals surface area contributed by atoms with Gasteiger partial charge in [0, 0.05) is 53.4 Å². The van der Waals surface area contributed by atoms with Crippen LogP contribution in [0.2, 0.25) is 15.1 Å². The highest BCUT2D eigenvalue weighted by molar-refractivity contribution is 9.10. The molecule has 1 fully saturated rings. The van der Waals surface area contributed by atoms with Gasteiger partial charge in [0.1, 0.15) is 0 Å². The summed E-state index contributed by atoms with van der Waals surface area (Å²) in [6.07, 6.45) is 1.85.